The highest BCUT2D eigenvalue weighted by Crippen LogP contribution is 2.22. The van der Waals surface area contributed by atoms with Crippen LogP contribution >= 0.6 is 0 Å². The second-order valence-electron chi connectivity index (χ2n) is 6.29. The number of nitrogens with zero attached hydrogens (tertiary/aromatic N) is 1. The monoisotopic (exact) mass is 308 g/mol. The predicted octanol–water partition coefficient (Wildman–Crippen LogP) is 3.70. The zero-order valence-corrected chi connectivity index (χ0v) is 14.0. The molecule has 1 unspecified atom stereocenters. The van der Waals surface area contributed by atoms with Gasteiger partial charge in [-0.15, -0.1) is 0 Å². The summed E-state index contributed by atoms with van der Waals surface area (Å²) in [6, 6.07) is -0.109. The minimum absolute atomic E-state index is 0.0638. The average molecular weight is 308 g/mol. The van der Waals surface area contributed by atoms with E-state index in [1.54, 1.807) is 19.1 Å². The van der Waals surface area contributed by atoms with Gasteiger partial charge in [0.15, 0.2) is 0 Å². The van der Waals surface area contributed by atoms with E-state index >= 15 is 0 Å². The lowest BCUT2D eigenvalue weighted by Crippen LogP contribution is -2.33. The Labute approximate surface area is 134 Å². The fraction of sp³-hybridized carbons (Fsp3) is 0.722. The summed E-state index contributed by atoms with van der Waals surface area (Å²) in [7, 11) is 0. The number of hydrogen-bond acceptors (Lipinski definition) is 4. The van der Waals surface area contributed by atoms with Crippen molar-refractivity contribution in [2.75, 3.05) is 0 Å². The fourth-order valence-corrected chi connectivity index (χ4v) is 2.73. The number of unbranched alkanes of at least 4 members (excludes halogenated alkanes) is 7. The van der Waals surface area contributed by atoms with Crippen LogP contribution in [-0.2, 0) is 4.79 Å². The molecular formula is C18H30NO3-. The molecule has 1 atom stereocenters. The van der Waals surface area contributed by atoms with Crippen molar-refractivity contribution in [1.82, 2.24) is 5.06 Å². The van der Waals surface area contributed by atoms with E-state index in [1.807, 2.05) is 6.92 Å². The van der Waals surface area contributed by atoms with E-state index in [1.165, 1.54) is 25.7 Å². The smallest absolute Gasteiger partial charge is 0.129 e. The molecule has 1 heterocycles. The Balaban J connectivity index is 2.02. The SMILES string of the molecule is CC(=O)CCCCCCCCCCC1=C([O-])C=CC(C)N1O. The van der Waals surface area contributed by atoms with Gasteiger partial charge in [0.05, 0.1) is 6.04 Å². The molecule has 4 nitrogen and oxygen atoms in total. The lowest BCUT2D eigenvalue weighted by atomic mass is 10.0. The molecule has 1 aliphatic rings. The van der Waals surface area contributed by atoms with Crippen LogP contribution in [0.2, 0.25) is 0 Å². The number of allylic oxidation sites excluding steroid dienone is 2. The van der Waals surface area contributed by atoms with Crippen LogP contribution in [0.15, 0.2) is 23.6 Å². The lowest BCUT2D eigenvalue weighted by molar-refractivity contribution is -0.303. The summed E-state index contributed by atoms with van der Waals surface area (Å²) in [6.45, 7) is 3.52. The van der Waals surface area contributed by atoms with Gasteiger partial charge in [-0.25, -0.2) is 0 Å². The van der Waals surface area contributed by atoms with Gasteiger partial charge in [-0.05, 0) is 33.1 Å². The number of carbonyl (C=O) groups excluding carboxylic acids is 1. The topological polar surface area (TPSA) is 63.6 Å². The van der Waals surface area contributed by atoms with Gasteiger partial charge in [-0.1, -0.05) is 56.4 Å². The number of rotatable bonds is 11. The van der Waals surface area contributed by atoms with Gasteiger partial charge in [-0.2, -0.15) is 0 Å². The number of Topliss-reactive ketones (excluding diaryl/α,β-unsaturated/α-hetero) is 1. The number of carbonyl (C=O) groups is 1. The van der Waals surface area contributed by atoms with Crippen LogP contribution in [0.1, 0.15) is 78.1 Å². The molecule has 0 amide bonds. The molecule has 0 saturated carbocycles. The van der Waals surface area contributed by atoms with Gasteiger partial charge < -0.3 is 9.90 Å². The van der Waals surface area contributed by atoms with Crippen molar-refractivity contribution in [3.05, 3.63) is 23.6 Å². The lowest BCUT2D eigenvalue weighted by Gasteiger charge is -2.32. The molecule has 1 aliphatic heterocycles. The Kier molecular flexibility index (Phi) is 8.90. The van der Waals surface area contributed by atoms with Crippen LogP contribution in [0.3, 0.4) is 0 Å². The van der Waals surface area contributed by atoms with Crippen molar-refractivity contribution >= 4 is 5.78 Å². The number of hydroxylamine groups is 2. The maximum Gasteiger partial charge on any atom is 0.129 e. The van der Waals surface area contributed by atoms with Gasteiger partial charge >= 0.3 is 0 Å². The third-order valence-corrected chi connectivity index (χ3v) is 4.17. The van der Waals surface area contributed by atoms with E-state index in [4.69, 9.17) is 0 Å². The van der Waals surface area contributed by atoms with Crippen LogP contribution in [0.4, 0.5) is 0 Å². The van der Waals surface area contributed by atoms with Crippen LogP contribution in [0.25, 0.3) is 0 Å². The first-order valence-electron chi connectivity index (χ1n) is 8.58. The molecule has 0 saturated heterocycles. The van der Waals surface area contributed by atoms with Gasteiger partial charge in [0.25, 0.3) is 0 Å². The maximum atomic E-state index is 11.7. The van der Waals surface area contributed by atoms with Crippen molar-refractivity contribution in [3.8, 4) is 0 Å². The summed E-state index contributed by atoms with van der Waals surface area (Å²) in [6.07, 6.45) is 13.7. The Morgan fingerprint density at radius 3 is 2.27 bits per heavy atom. The van der Waals surface area contributed by atoms with Gasteiger partial charge in [-0.3, -0.25) is 10.3 Å². The molecular weight excluding hydrogens is 278 g/mol. The van der Waals surface area contributed by atoms with E-state index in [9.17, 15) is 15.1 Å². The first-order chi connectivity index (χ1) is 10.5. The minimum atomic E-state index is -0.109. The molecule has 0 radical (unpaired) electrons. The van der Waals surface area contributed by atoms with Crippen molar-refractivity contribution in [3.63, 3.8) is 0 Å². The zero-order chi connectivity index (χ0) is 16.4. The summed E-state index contributed by atoms with van der Waals surface area (Å²) >= 11 is 0. The molecule has 0 aromatic heterocycles. The second-order valence-corrected chi connectivity index (χ2v) is 6.29. The maximum absolute atomic E-state index is 11.7. The summed E-state index contributed by atoms with van der Waals surface area (Å²) in [5.74, 6) is 0.225. The van der Waals surface area contributed by atoms with E-state index in [2.05, 4.69) is 0 Å². The number of hydrogen-bond donors (Lipinski definition) is 1. The summed E-state index contributed by atoms with van der Waals surface area (Å²) in [5.41, 5.74) is 0.527. The molecule has 1 N–H and O–H groups in total. The number of ketones is 1. The molecule has 0 bridgehead atoms. The molecule has 0 spiro atoms. The van der Waals surface area contributed by atoms with Crippen molar-refractivity contribution < 1.29 is 15.1 Å². The van der Waals surface area contributed by atoms with Crippen LogP contribution in [0, 0.1) is 0 Å². The largest absolute Gasteiger partial charge is 0.871 e. The van der Waals surface area contributed by atoms with E-state index < -0.39 is 0 Å². The van der Waals surface area contributed by atoms with Crippen LogP contribution in [-0.4, -0.2) is 22.1 Å². The standard InChI is InChI=1S/C18H31NO3/c1-15-13-14-18(21)17(19(15)22)12-10-8-6-4-3-5-7-9-11-16(2)20/h13-15,21-22H,3-12H2,1-2H3/p-1. The highest BCUT2D eigenvalue weighted by molar-refractivity contribution is 5.75. The summed E-state index contributed by atoms with van der Waals surface area (Å²) < 4.78 is 0. The highest BCUT2D eigenvalue weighted by atomic mass is 16.5. The fourth-order valence-electron chi connectivity index (χ4n) is 2.73. The third-order valence-electron chi connectivity index (χ3n) is 4.17. The Hall–Kier alpha value is -1.29. The first-order valence-corrected chi connectivity index (χ1v) is 8.58. The van der Waals surface area contributed by atoms with E-state index in [-0.39, 0.29) is 17.6 Å². The summed E-state index contributed by atoms with van der Waals surface area (Å²) in [5, 5.41) is 22.7. The molecule has 0 aromatic rings. The summed E-state index contributed by atoms with van der Waals surface area (Å²) in [4.78, 5) is 10.8. The Morgan fingerprint density at radius 2 is 1.68 bits per heavy atom. The Bertz CT molecular complexity index is 401. The normalized spacial score (nSPS) is 18.1. The van der Waals surface area contributed by atoms with Crippen LogP contribution in [0.5, 0.6) is 0 Å². The zero-order valence-electron chi connectivity index (χ0n) is 14.0. The molecule has 1 rings (SSSR count). The molecule has 0 aliphatic carbocycles. The molecule has 4 heteroatoms. The van der Waals surface area contributed by atoms with Gasteiger partial charge in [0, 0.05) is 12.1 Å². The van der Waals surface area contributed by atoms with Crippen molar-refractivity contribution in [1.29, 1.82) is 0 Å². The molecule has 126 valence electrons. The average Bonchev–Trinajstić information content (AvgIpc) is 2.48. The van der Waals surface area contributed by atoms with Crippen LogP contribution < -0.4 is 5.11 Å². The van der Waals surface area contributed by atoms with E-state index in [0.29, 0.717) is 12.1 Å². The third kappa shape index (κ3) is 7.12. The molecule has 0 aromatic carbocycles. The van der Waals surface area contributed by atoms with Crippen molar-refractivity contribution in [2.45, 2.75) is 84.1 Å². The second kappa shape index (κ2) is 10.4. The molecule has 22 heavy (non-hydrogen) atoms. The van der Waals surface area contributed by atoms with Gasteiger partial charge in [0.2, 0.25) is 0 Å². The highest BCUT2D eigenvalue weighted by Gasteiger charge is 2.15. The molecule has 0 fully saturated rings. The van der Waals surface area contributed by atoms with Gasteiger partial charge in [0.1, 0.15) is 5.78 Å². The van der Waals surface area contributed by atoms with Crippen molar-refractivity contribution in [2.24, 2.45) is 0 Å². The predicted molar refractivity (Wildman–Crippen MR) is 86.1 cm³/mol. The van der Waals surface area contributed by atoms with E-state index in [0.717, 1.165) is 37.2 Å². The Morgan fingerprint density at radius 1 is 1.14 bits per heavy atom. The first kappa shape index (κ1) is 18.8. The quantitative estimate of drug-likeness (QED) is 0.591. The minimum Gasteiger partial charge on any atom is -0.871 e.